The Morgan fingerprint density at radius 1 is 1.14 bits per heavy atom. The van der Waals surface area contributed by atoms with Crippen LogP contribution in [-0.2, 0) is 0 Å². The smallest absolute Gasteiger partial charge is 0.120 e. The molecule has 0 N–H and O–H groups in total. The van der Waals surface area contributed by atoms with Gasteiger partial charge in [-0.2, -0.15) is 0 Å². The first kappa shape index (κ1) is 15.3. The third-order valence-electron chi connectivity index (χ3n) is 4.53. The summed E-state index contributed by atoms with van der Waals surface area (Å²) in [5.41, 5.74) is 0. The van der Waals surface area contributed by atoms with Crippen molar-refractivity contribution < 1.29 is 4.74 Å². The van der Waals surface area contributed by atoms with E-state index >= 15 is 0 Å². The van der Waals surface area contributed by atoms with Gasteiger partial charge in [-0.3, -0.25) is 4.98 Å². The molecule has 0 aliphatic carbocycles. The molecule has 1 aliphatic rings. The quantitative estimate of drug-likeness (QED) is 0.745. The van der Waals surface area contributed by atoms with Crippen LogP contribution in [0.4, 0.5) is 0 Å². The van der Waals surface area contributed by atoms with E-state index in [1.54, 1.807) is 0 Å². The zero-order valence-electron chi connectivity index (χ0n) is 13.5. The lowest BCUT2D eigenvalue weighted by atomic mass is 10.1. The van der Waals surface area contributed by atoms with Gasteiger partial charge in [0.1, 0.15) is 11.9 Å². The lowest BCUT2D eigenvalue weighted by Gasteiger charge is -2.32. The normalized spacial score (nSPS) is 17.0. The molecule has 0 unspecified atom stereocenters. The van der Waals surface area contributed by atoms with E-state index in [1.165, 1.54) is 49.7 Å². The Labute approximate surface area is 133 Å². The first-order chi connectivity index (χ1) is 10.8. The third kappa shape index (κ3) is 3.98. The minimum Gasteiger partial charge on any atom is -0.490 e. The average Bonchev–Trinajstić information content (AvgIpc) is 2.57. The van der Waals surface area contributed by atoms with E-state index in [0.29, 0.717) is 6.10 Å². The maximum Gasteiger partial charge on any atom is 0.120 e. The van der Waals surface area contributed by atoms with Gasteiger partial charge in [0.05, 0.1) is 0 Å². The monoisotopic (exact) mass is 298 g/mol. The van der Waals surface area contributed by atoms with Crippen LogP contribution in [0.2, 0.25) is 0 Å². The second kappa shape index (κ2) is 7.59. The molecule has 1 saturated heterocycles. The molecule has 1 aliphatic heterocycles. The van der Waals surface area contributed by atoms with Gasteiger partial charge in [-0.25, -0.2) is 0 Å². The fourth-order valence-electron chi connectivity index (χ4n) is 3.16. The Morgan fingerprint density at radius 3 is 2.82 bits per heavy atom. The zero-order chi connectivity index (χ0) is 15.2. The topological polar surface area (TPSA) is 25.4 Å². The average molecular weight is 298 g/mol. The Hall–Kier alpha value is -1.61. The molecule has 1 aromatic carbocycles. The molecule has 3 heteroatoms. The highest BCUT2D eigenvalue weighted by Gasteiger charge is 2.20. The number of unbranched alkanes of at least 4 members (excludes halogenated alkanes) is 2. The predicted octanol–water partition coefficient (Wildman–Crippen LogP) is 4.27. The second-order valence-corrected chi connectivity index (χ2v) is 6.25. The summed E-state index contributed by atoms with van der Waals surface area (Å²) in [5.74, 6) is 0.989. The molecular weight excluding hydrogens is 272 g/mol. The number of rotatable bonds is 6. The summed E-state index contributed by atoms with van der Waals surface area (Å²) in [6.07, 6.45) is 10.4. The summed E-state index contributed by atoms with van der Waals surface area (Å²) in [6.45, 7) is 5.86. The maximum atomic E-state index is 6.19. The molecule has 0 saturated carbocycles. The lowest BCUT2D eigenvalue weighted by molar-refractivity contribution is 0.0997. The van der Waals surface area contributed by atoms with E-state index in [4.69, 9.17) is 4.74 Å². The van der Waals surface area contributed by atoms with Crippen LogP contribution in [0.1, 0.15) is 39.0 Å². The van der Waals surface area contributed by atoms with Crippen LogP contribution in [0, 0.1) is 0 Å². The Kier molecular flexibility index (Phi) is 5.28. The Morgan fingerprint density at radius 2 is 2.00 bits per heavy atom. The van der Waals surface area contributed by atoms with Crippen LogP contribution in [0.3, 0.4) is 0 Å². The maximum absolute atomic E-state index is 6.19. The van der Waals surface area contributed by atoms with E-state index in [0.717, 1.165) is 18.6 Å². The number of pyridine rings is 1. The minimum absolute atomic E-state index is 0.363. The predicted molar refractivity (Wildman–Crippen MR) is 91.4 cm³/mol. The van der Waals surface area contributed by atoms with Crippen LogP contribution >= 0.6 is 0 Å². The summed E-state index contributed by atoms with van der Waals surface area (Å²) in [6, 6.07) is 8.33. The lowest BCUT2D eigenvalue weighted by Crippen LogP contribution is -2.38. The van der Waals surface area contributed by atoms with E-state index in [9.17, 15) is 0 Å². The van der Waals surface area contributed by atoms with E-state index in [-0.39, 0.29) is 0 Å². The number of benzene rings is 1. The highest BCUT2D eigenvalue weighted by molar-refractivity contribution is 5.82. The van der Waals surface area contributed by atoms with Crippen LogP contribution in [-0.4, -0.2) is 35.6 Å². The van der Waals surface area contributed by atoms with E-state index < -0.39 is 0 Å². The largest absolute Gasteiger partial charge is 0.490 e. The fourth-order valence-corrected chi connectivity index (χ4v) is 3.16. The van der Waals surface area contributed by atoms with Gasteiger partial charge in [-0.15, -0.1) is 0 Å². The molecule has 0 spiro atoms. The molecule has 0 radical (unpaired) electrons. The minimum atomic E-state index is 0.363. The number of hydrogen-bond acceptors (Lipinski definition) is 3. The van der Waals surface area contributed by atoms with Crippen LogP contribution in [0.25, 0.3) is 10.8 Å². The van der Waals surface area contributed by atoms with Crippen molar-refractivity contribution >= 4 is 10.8 Å². The van der Waals surface area contributed by atoms with Crippen molar-refractivity contribution in [2.45, 2.75) is 45.1 Å². The molecule has 0 amide bonds. The van der Waals surface area contributed by atoms with Crippen LogP contribution in [0.15, 0.2) is 36.7 Å². The van der Waals surface area contributed by atoms with Crippen LogP contribution in [0.5, 0.6) is 5.75 Å². The van der Waals surface area contributed by atoms with Crippen molar-refractivity contribution in [3.8, 4) is 5.75 Å². The van der Waals surface area contributed by atoms with Gasteiger partial charge >= 0.3 is 0 Å². The molecule has 1 aromatic heterocycles. The van der Waals surface area contributed by atoms with Gasteiger partial charge in [-0.05, 0) is 55.5 Å². The molecule has 0 atom stereocenters. The number of hydrogen-bond donors (Lipinski definition) is 0. The molecular formula is C19H26N2O. The third-order valence-corrected chi connectivity index (χ3v) is 4.53. The molecule has 22 heavy (non-hydrogen) atoms. The standard InChI is InChI=1S/C19H26N2O/c1-2-3-4-11-21-12-8-18(9-13-21)22-19-6-5-17-15-20-10-7-16(17)14-19/h5-7,10,14-15,18H,2-4,8-9,11-13H2,1H3. The summed E-state index contributed by atoms with van der Waals surface area (Å²) in [4.78, 5) is 6.74. The van der Waals surface area contributed by atoms with Crippen molar-refractivity contribution in [1.82, 2.24) is 9.88 Å². The van der Waals surface area contributed by atoms with Crippen molar-refractivity contribution in [2.24, 2.45) is 0 Å². The molecule has 1 fully saturated rings. The van der Waals surface area contributed by atoms with Crippen molar-refractivity contribution in [2.75, 3.05) is 19.6 Å². The molecule has 118 valence electrons. The number of likely N-dealkylation sites (tertiary alicyclic amines) is 1. The SMILES string of the molecule is CCCCCN1CCC(Oc2ccc3cnccc3c2)CC1. The van der Waals surface area contributed by atoms with Gasteiger partial charge in [0, 0.05) is 30.9 Å². The summed E-state index contributed by atoms with van der Waals surface area (Å²) < 4.78 is 6.19. The molecule has 3 nitrogen and oxygen atoms in total. The van der Waals surface area contributed by atoms with Crippen molar-refractivity contribution in [3.63, 3.8) is 0 Å². The number of nitrogens with zero attached hydrogens (tertiary/aromatic N) is 2. The Balaban J connectivity index is 1.51. The molecule has 2 heterocycles. The first-order valence-corrected chi connectivity index (χ1v) is 8.58. The van der Waals surface area contributed by atoms with Gasteiger partial charge in [0.15, 0.2) is 0 Å². The number of piperidine rings is 1. The fraction of sp³-hybridized carbons (Fsp3) is 0.526. The zero-order valence-corrected chi connectivity index (χ0v) is 13.5. The van der Waals surface area contributed by atoms with Gasteiger partial charge in [0.2, 0.25) is 0 Å². The van der Waals surface area contributed by atoms with E-state index in [2.05, 4.69) is 35.0 Å². The second-order valence-electron chi connectivity index (χ2n) is 6.25. The summed E-state index contributed by atoms with van der Waals surface area (Å²) in [5, 5.41) is 2.37. The van der Waals surface area contributed by atoms with Crippen molar-refractivity contribution in [3.05, 3.63) is 36.7 Å². The van der Waals surface area contributed by atoms with Gasteiger partial charge in [0.25, 0.3) is 0 Å². The highest BCUT2D eigenvalue weighted by Crippen LogP contribution is 2.23. The van der Waals surface area contributed by atoms with E-state index in [1.807, 2.05) is 18.5 Å². The van der Waals surface area contributed by atoms with Crippen LogP contribution < -0.4 is 4.74 Å². The van der Waals surface area contributed by atoms with Gasteiger partial charge < -0.3 is 9.64 Å². The molecule has 3 rings (SSSR count). The first-order valence-electron chi connectivity index (χ1n) is 8.58. The number of ether oxygens (including phenoxy) is 1. The Bertz CT molecular complexity index is 591. The van der Waals surface area contributed by atoms with Crippen molar-refractivity contribution in [1.29, 1.82) is 0 Å². The number of aromatic nitrogens is 1. The molecule has 2 aromatic rings. The highest BCUT2D eigenvalue weighted by atomic mass is 16.5. The summed E-state index contributed by atoms with van der Waals surface area (Å²) >= 11 is 0. The van der Waals surface area contributed by atoms with Gasteiger partial charge in [-0.1, -0.05) is 19.8 Å². The number of fused-ring (bicyclic) bond motifs is 1. The molecule has 0 bridgehead atoms. The summed E-state index contributed by atoms with van der Waals surface area (Å²) in [7, 11) is 0.